The number of nitrogens with one attached hydrogen (secondary N) is 2. The highest BCUT2D eigenvalue weighted by atomic mass is 16.5. The third-order valence-corrected chi connectivity index (χ3v) is 3.89. The molecule has 0 radical (unpaired) electrons. The lowest BCUT2D eigenvalue weighted by molar-refractivity contribution is -0.125. The van der Waals surface area contributed by atoms with Gasteiger partial charge >= 0.3 is 0 Å². The van der Waals surface area contributed by atoms with Gasteiger partial charge in [0.1, 0.15) is 5.75 Å². The Hall–Kier alpha value is -1.55. The van der Waals surface area contributed by atoms with Crippen molar-refractivity contribution in [3.05, 3.63) is 24.3 Å². The summed E-state index contributed by atoms with van der Waals surface area (Å²) in [4.78, 5) is 12.7. The third-order valence-electron chi connectivity index (χ3n) is 3.89. The van der Waals surface area contributed by atoms with Gasteiger partial charge in [-0.3, -0.25) is 4.79 Å². The molecule has 0 saturated carbocycles. The second kappa shape index (κ2) is 6.75. The van der Waals surface area contributed by atoms with Crippen molar-refractivity contribution in [1.82, 2.24) is 5.32 Å². The van der Waals surface area contributed by atoms with Crippen molar-refractivity contribution in [2.24, 2.45) is 5.41 Å². The van der Waals surface area contributed by atoms with Crippen molar-refractivity contribution in [3.63, 3.8) is 0 Å². The van der Waals surface area contributed by atoms with E-state index in [0.29, 0.717) is 6.61 Å². The predicted octanol–water partition coefficient (Wildman–Crippen LogP) is 2.80. The molecule has 1 aliphatic heterocycles. The van der Waals surface area contributed by atoms with Crippen LogP contribution in [0.3, 0.4) is 0 Å². The lowest BCUT2D eigenvalue weighted by Crippen LogP contribution is -2.38. The summed E-state index contributed by atoms with van der Waals surface area (Å²) in [5.41, 5.74) is 0.496. The second-order valence-electron chi connectivity index (χ2n) is 5.34. The first-order valence-electron chi connectivity index (χ1n) is 7.46. The Bertz CT molecular complexity index is 454. The van der Waals surface area contributed by atoms with E-state index in [2.05, 4.69) is 17.6 Å². The van der Waals surface area contributed by atoms with Crippen molar-refractivity contribution in [3.8, 4) is 5.75 Å². The van der Waals surface area contributed by atoms with Gasteiger partial charge in [-0.2, -0.15) is 0 Å². The maximum Gasteiger partial charge on any atom is 0.232 e. The van der Waals surface area contributed by atoms with Crippen LogP contribution in [0.5, 0.6) is 5.75 Å². The summed E-state index contributed by atoms with van der Waals surface area (Å²) < 4.78 is 5.56. The van der Waals surface area contributed by atoms with Gasteiger partial charge in [0.25, 0.3) is 0 Å². The molecule has 1 atom stereocenters. The summed E-state index contributed by atoms with van der Waals surface area (Å²) in [6, 6.07) is 7.61. The van der Waals surface area contributed by atoms with E-state index in [0.717, 1.165) is 43.8 Å². The quantitative estimate of drug-likeness (QED) is 0.840. The fourth-order valence-electron chi connectivity index (χ4n) is 2.85. The Morgan fingerprint density at radius 3 is 2.85 bits per heavy atom. The highest BCUT2D eigenvalue weighted by Crippen LogP contribution is 2.34. The molecule has 2 rings (SSSR count). The van der Waals surface area contributed by atoms with Gasteiger partial charge in [0.05, 0.1) is 17.7 Å². The average Bonchev–Trinajstić information content (AvgIpc) is 2.91. The fourth-order valence-corrected chi connectivity index (χ4v) is 2.85. The molecule has 1 fully saturated rings. The number of rotatable bonds is 6. The standard InChI is InChI=1S/C16H24N2O2/c1-3-9-16(10-11-17-12-16)15(19)18-13-7-5-6-8-14(13)20-4-2/h5-8,17H,3-4,9-12H2,1-2H3,(H,18,19). The molecule has 1 aromatic rings. The molecular formula is C16H24N2O2. The average molecular weight is 276 g/mol. The van der Waals surface area contributed by atoms with Crippen LogP contribution in [0.25, 0.3) is 0 Å². The van der Waals surface area contributed by atoms with Gasteiger partial charge < -0.3 is 15.4 Å². The largest absolute Gasteiger partial charge is 0.492 e. The maximum absolute atomic E-state index is 12.7. The van der Waals surface area contributed by atoms with E-state index in [1.54, 1.807) is 0 Å². The van der Waals surface area contributed by atoms with Gasteiger partial charge in [-0.25, -0.2) is 0 Å². The predicted molar refractivity (Wildman–Crippen MR) is 81.1 cm³/mol. The zero-order valence-electron chi connectivity index (χ0n) is 12.4. The SMILES string of the molecule is CCCC1(C(=O)Nc2ccccc2OCC)CCNC1. The Labute approximate surface area is 120 Å². The van der Waals surface area contributed by atoms with Gasteiger partial charge in [0, 0.05) is 6.54 Å². The van der Waals surface area contributed by atoms with Crippen LogP contribution in [0.1, 0.15) is 33.1 Å². The highest BCUT2D eigenvalue weighted by Gasteiger charge is 2.40. The number of para-hydroxylation sites is 2. The fraction of sp³-hybridized carbons (Fsp3) is 0.562. The molecule has 1 amide bonds. The summed E-state index contributed by atoms with van der Waals surface area (Å²) in [5, 5.41) is 6.37. The number of amides is 1. The van der Waals surface area contributed by atoms with E-state index < -0.39 is 0 Å². The Kier molecular flexibility index (Phi) is 5.01. The number of carbonyl (C=O) groups is 1. The smallest absolute Gasteiger partial charge is 0.232 e. The molecule has 20 heavy (non-hydrogen) atoms. The molecule has 4 nitrogen and oxygen atoms in total. The van der Waals surface area contributed by atoms with Crippen LogP contribution in [0, 0.1) is 5.41 Å². The molecule has 2 N–H and O–H groups in total. The highest BCUT2D eigenvalue weighted by molar-refractivity contribution is 5.97. The van der Waals surface area contributed by atoms with Crippen molar-refractivity contribution in [2.75, 3.05) is 25.0 Å². The zero-order chi connectivity index (χ0) is 14.4. The first kappa shape index (κ1) is 14.9. The molecule has 4 heteroatoms. The molecule has 1 aliphatic rings. The maximum atomic E-state index is 12.7. The molecule has 0 aliphatic carbocycles. The van der Waals surface area contributed by atoms with Crippen LogP contribution in [-0.2, 0) is 4.79 Å². The van der Waals surface area contributed by atoms with Gasteiger partial charge in [-0.05, 0) is 38.4 Å². The van der Waals surface area contributed by atoms with Crippen molar-refractivity contribution in [2.45, 2.75) is 33.1 Å². The minimum Gasteiger partial charge on any atom is -0.492 e. The first-order chi connectivity index (χ1) is 9.72. The van der Waals surface area contributed by atoms with E-state index in [1.807, 2.05) is 31.2 Å². The van der Waals surface area contributed by atoms with Crippen LogP contribution >= 0.6 is 0 Å². The van der Waals surface area contributed by atoms with Crippen LogP contribution < -0.4 is 15.4 Å². The lowest BCUT2D eigenvalue weighted by Gasteiger charge is -2.26. The van der Waals surface area contributed by atoms with E-state index >= 15 is 0 Å². The van der Waals surface area contributed by atoms with Crippen LogP contribution in [0.4, 0.5) is 5.69 Å². The molecule has 0 spiro atoms. The van der Waals surface area contributed by atoms with Crippen molar-refractivity contribution in [1.29, 1.82) is 0 Å². The Balaban J connectivity index is 2.14. The summed E-state index contributed by atoms with van der Waals surface area (Å²) in [7, 11) is 0. The molecular weight excluding hydrogens is 252 g/mol. The summed E-state index contributed by atoms with van der Waals surface area (Å²) in [6.45, 7) is 6.35. The number of anilines is 1. The van der Waals surface area contributed by atoms with Crippen LogP contribution in [-0.4, -0.2) is 25.6 Å². The van der Waals surface area contributed by atoms with E-state index in [1.165, 1.54) is 0 Å². The summed E-state index contributed by atoms with van der Waals surface area (Å²) in [6.07, 6.45) is 2.84. The van der Waals surface area contributed by atoms with Crippen molar-refractivity contribution >= 4 is 11.6 Å². The second-order valence-corrected chi connectivity index (χ2v) is 5.34. The molecule has 1 heterocycles. The van der Waals surface area contributed by atoms with Gasteiger partial charge in [0.2, 0.25) is 5.91 Å². The number of benzene rings is 1. The molecule has 0 bridgehead atoms. The molecule has 110 valence electrons. The molecule has 1 saturated heterocycles. The minimum atomic E-state index is -0.270. The third kappa shape index (κ3) is 3.12. The molecule has 1 aromatic carbocycles. The van der Waals surface area contributed by atoms with Crippen molar-refractivity contribution < 1.29 is 9.53 Å². The molecule has 0 aromatic heterocycles. The van der Waals surface area contributed by atoms with Crippen LogP contribution in [0.2, 0.25) is 0 Å². The number of ether oxygens (including phenoxy) is 1. The van der Waals surface area contributed by atoms with E-state index in [4.69, 9.17) is 4.74 Å². The van der Waals surface area contributed by atoms with E-state index in [-0.39, 0.29) is 11.3 Å². The van der Waals surface area contributed by atoms with E-state index in [9.17, 15) is 4.79 Å². The van der Waals surface area contributed by atoms with Gasteiger partial charge in [-0.1, -0.05) is 25.5 Å². The van der Waals surface area contributed by atoms with Crippen LogP contribution in [0.15, 0.2) is 24.3 Å². The number of hydrogen-bond donors (Lipinski definition) is 2. The molecule has 1 unspecified atom stereocenters. The zero-order valence-corrected chi connectivity index (χ0v) is 12.4. The number of carbonyl (C=O) groups excluding carboxylic acids is 1. The number of hydrogen-bond acceptors (Lipinski definition) is 3. The van der Waals surface area contributed by atoms with Gasteiger partial charge in [-0.15, -0.1) is 0 Å². The summed E-state index contributed by atoms with van der Waals surface area (Å²) in [5.74, 6) is 0.845. The monoisotopic (exact) mass is 276 g/mol. The normalized spacial score (nSPS) is 21.7. The topological polar surface area (TPSA) is 50.4 Å². The Morgan fingerprint density at radius 2 is 2.20 bits per heavy atom. The first-order valence-corrected chi connectivity index (χ1v) is 7.46. The Morgan fingerprint density at radius 1 is 1.40 bits per heavy atom. The lowest BCUT2D eigenvalue weighted by atomic mass is 9.81. The summed E-state index contributed by atoms with van der Waals surface area (Å²) >= 11 is 0. The minimum absolute atomic E-state index is 0.108. The van der Waals surface area contributed by atoms with Gasteiger partial charge in [0.15, 0.2) is 0 Å².